The van der Waals surface area contributed by atoms with E-state index in [4.69, 9.17) is 4.74 Å². The molecule has 5 heteroatoms. The number of benzene rings is 1. The number of nitrogens with one attached hydrogen (secondary N) is 2. The van der Waals surface area contributed by atoms with Crippen LogP contribution < -0.4 is 10.1 Å². The second kappa shape index (κ2) is 6.22. The van der Waals surface area contributed by atoms with Crippen LogP contribution in [-0.2, 0) is 0 Å². The molecule has 2 aromatic rings. The van der Waals surface area contributed by atoms with Crippen molar-refractivity contribution in [2.75, 3.05) is 19.0 Å². The number of anilines is 1. The molecule has 0 bridgehead atoms. The monoisotopic (exact) mass is 263 g/mol. The van der Waals surface area contributed by atoms with E-state index in [1.54, 1.807) is 25.2 Å². The Morgan fingerprint density at radius 3 is 2.84 bits per heavy atom. The summed E-state index contributed by atoms with van der Waals surface area (Å²) in [6.07, 6.45) is 2.02. The second-order valence-electron chi connectivity index (χ2n) is 4.26. The van der Waals surface area contributed by atoms with Crippen molar-refractivity contribution in [3.8, 4) is 17.0 Å². The van der Waals surface area contributed by atoms with Gasteiger partial charge in [-0.05, 0) is 18.6 Å². The molecular formula is C14H18FN3O. The van der Waals surface area contributed by atoms with Crippen LogP contribution in [0.3, 0.4) is 0 Å². The maximum atomic E-state index is 14.0. The maximum Gasteiger partial charge on any atom is 0.148 e. The molecule has 0 aliphatic carbocycles. The third-order valence-electron chi connectivity index (χ3n) is 2.83. The number of nitrogens with zero attached hydrogens (tertiary/aromatic N) is 1. The topological polar surface area (TPSA) is 49.9 Å². The number of hydrogen-bond donors (Lipinski definition) is 2. The smallest absolute Gasteiger partial charge is 0.148 e. The van der Waals surface area contributed by atoms with Crippen LogP contribution in [-0.4, -0.2) is 23.9 Å². The molecule has 2 N–H and O–H groups in total. The number of unbranched alkanes of at least 4 members (excludes halogenated alkanes) is 1. The van der Waals surface area contributed by atoms with Gasteiger partial charge in [0.1, 0.15) is 17.4 Å². The molecule has 0 saturated carbocycles. The second-order valence-corrected chi connectivity index (χ2v) is 4.26. The highest BCUT2D eigenvalue weighted by atomic mass is 19.1. The highest BCUT2D eigenvalue weighted by Gasteiger charge is 2.09. The zero-order chi connectivity index (χ0) is 13.7. The number of aromatic nitrogens is 2. The van der Waals surface area contributed by atoms with Crippen LogP contribution in [0, 0.1) is 5.82 Å². The van der Waals surface area contributed by atoms with Crippen LogP contribution in [0.15, 0.2) is 24.3 Å². The van der Waals surface area contributed by atoms with Crippen molar-refractivity contribution < 1.29 is 9.13 Å². The minimum absolute atomic E-state index is 0.319. The van der Waals surface area contributed by atoms with E-state index >= 15 is 0 Å². The van der Waals surface area contributed by atoms with Crippen LogP contribution >= 0.6 is 0 Å². The van der Waals surface area contributed by atoms with E-state index in [2.05, 4.69) is 22.4 Å². The molecule has 19 heavy (non-hydrogen) atoms. The Kier molecular flexibility index (Phi) is 4.39. The highest BCUT2D eigenvalue weighted by Crippen LogP contribution is 2.26. The van der Waals surface area contributed by atoms with Crippen LogP contribution in [0.25, 0.3) is 11.3 Å². The largest absolute Gasteiger partial charge is 0.493 e. The summed E-state index contributed by atoms with van der Waals surface area (Å²) in [6.45, 7) is 2.70. The highest BCUT2D eigenvalue weighted by molar-refractivity contribution is 5.64. The quantitative estimate of drug-likeness (QED) is 0.785. The summed E-state index contributed by atoms with van der Waals surface area (Å²) in [5.74, 6) is 0.918. The Balaban J connectivity index is 2.14. The van der Waals surface area contributed by atoms with E-state index < -0.39 is 0 Å². The predicted octanol–water partition coefficient (Wildman–Crippen LogP) is 3.44. The molecule has 0 spiro atoms. The number of H-pyrrole nitrogens is 1. The van der Waals surface area contributed by atoms with Gasteiger partial charge in [-0.15, -0.1) is 0 Å². The van der Waals surface area contributed by atoms with Gasteiger partial charge in [-0.2, -0.15) is 5.10 Å². The molecule has 0 amide bonds. The minimum atomic E-state index is -0.319. The summed E-state index contributed by atoms with van der Waals surface area (Å²) in [4.78, 5) is 0. The first-order valence-electron chi connectivity index (χ1n) is 6.40. The van der Waals surface area contributed by atoms with Gasteiger partial charge in [-0.25, -0.2) is 4.39 Å². The standard InChI is InChI=1S/C14H18FN3O/c1-3-4-7-19-10-5-6-11(12(15)8-10)13-9-14(16-2)18-17-13/h5-6,8-9H,3-4,7H2,1-2H3,(H2,16,17,18). The summed E-state index contributed by atoms with van der Waals surface area (Å²) in [5, 5.41) is 9.69. The number of aromatic amines is 1. The molecule has 0 fully saturated rings. The fourth-order valence-corrected chi connectivity index (χ4v) is 1.73. The van der Waals surface area contributed by atoms with Gasteiger partial charge in [0.25, 0.3) is 0 Å². The Labute approximate surface area is 112 Å². The number of ether oxygens (including phenoxy) is 1. The molecule has 1 heterocycles. The first kappa shape index (κ1) is 13.4. The van der Waals surface area contributed by atoms with Crippen molar-refractivity contribution >= 4 is 5.82 Å². The lowest BCUT2D eigenvalue weighted by atomic mass is 10.1. The average molecular weight is 263 g/mol. The molecule has 0 aliphatic rings. The van der Waals surface area contributed by atoms with Crippen LogP contribution in [0.5, 0.6) is 5.75 Å². The van der Waals surface area contributed by atoms with Crippen LogP contribution in [0.2, 0.25) is 0 Å². The molecule has 0 radical (unpaired) electrons. The third kappa shape index (κ3) is 3.24. The first-order chi connectivity index (χ1) is 9.24. The number of rotatable bonds is 6. The molecule has 1 aromatic heterocycles. The van der Waals surface area contributed by atoms with Crippen LogP contribution in [0.1, 0.15) is 19.8 Å². The zero-order valence-electron chi connectivity index (χ0n) is 11.2. The van der Waals surface area contributed by atoms with E-state index in [1.807, 2.05) is 0 Å². The lowest BCUT2D eigenvalue weighted by Crippen LogP contribution is -1.97. The molecule has 0 aliphatic heterocycles. The van der Waals surface area contributed by atoms with Gasteiger partial charge < -0.3 is 10.1 Å². The zero-order valence-corrected chi connectivity index (χ0v) is 11.2. The lowest BCUT2D eigenvalue weighted by molar-refractivity contribution is 0.308. The number of hydrogen-bond acceptors (Lipinski definition) is 3. The fraction of sp³-hybridized carbons (Fsp3) is 0.357. The van der Waals surface area contributed by atoms with Gasteiger partial charge in [-0.1, -0.05) is 13.3 Å². The normalized spacial score (nSPS) is 10.5. The molecule has 1 aromatic carbocycles. The van der Waals surface area contributed by atoms with E-state index in [1.165, 1.54) is 6.07 Å². The SMILES string of the molecule is CCCCOc1ccc(-c2cc(NC)n[nH]2)c(F)c1. The Morgan fingerprint density at radius 1 is 1.37 bits per heavy atom. The first-order valence-corrected chi connectivity index (χ1v) is 6.40. The molecule has 0 unspecified atom stereocenters. The van der Waals surface area contributed by atoms with Crippen molar-refractivity contribution in [2.24, 2.45) is 0 Å². The van der Waals surface area contributed by atoms with E-state index in [0.717, 1.165) is 12.8 Å². The van der Waals surface area contributed by atoms with Gasteiger partial charge in [0.2, 0.25) is 0 Å². The molecule has 4 nitrogen and oxygen atoms in total. The lowest BCUT2D eigenvalue weighted by Gasteiger charge is -2.07. The van der Waals surface area contributed by atoms with Crippen molar-refractivity contribution in [3.05, 3.63) is 30.1 Å². The summed E-state index contributed by atoms with van der Waals surface area (Å²) in [7, 11) is 1.76. The van der Waals surface area contributed by atoms with Gasteiger partial charge >= 0.3 is 0 Å². The Bertz CT molecular complexity index is 539. The predicted molar refractivity (Wildman–Crippen MR) is 73.9 cm³/mol. The molecule has 0 atom stereocenters. The third-order valence-corrected chi connectivity index (χ3v) is 2.83. The molecule has 0 saturated heterocycles. The number of halogens is 1. The van der Waals surface area contributed by atoms with E-state index in [0.29, 0.717) is 29.4 Å². The Morgan fingerprint density at radius 2 is 2.21 bits per heavy atom. The summed E-state index contributed by atoms with van der Waals surface area (Å²) in [6, 6.07) is 6.64. The molecule has 102 valence electrons. The van der Waals surface area contributed by atoms with Crippen molar-refractivity contribution in [3.63, 3.8) is 0 Å². The Hall–Kier alpha value is -2.04. The van der Waals surface area contributed by atoms with Crippen LogP contribution in [0.4, 0.5) is 10.2 Å². The fourth-order valence-electron chi connectivity index (χ4n) is 1.73. The van der Waals surface area contributed by atoms with E-state index in [9.17, 15) is 4.39 Å². The van der Waals surface area contributed by atoms with Crippen molar-refractivity contribution in [1.82, 2.24) is 10.2 Å². The van der Waals surface area contributed by atoms with Crippen molar-refractivity contribution in [2.45, 2.75) is 19.8 Å². The minimum Gasteiger partial charge on any atom is -0.493 e. The van der Waals surface area contributed by atoms with Crippen molar-refractivity contribution in [1.29, 1.82) is 0 Å². The average Bonchev–Trinajstić information content (AvgIpc) is 2.88. The summed E-state index contributed by atoms with van der Waals surface area (Å²) in [5.41, 5.74) is 1.12. The van der Waals surface area contributed by atoms with Gasteiger partial charge in [0, 0.05) is 24.7 Å². The summed E-state index contributed by atoms with van der Waals surface area (Å²) >= 11 is 0. The van der Waals surface area contributed by atoms with Gasteiger partial charge in [-0.3, -0.25) is 5.10 Å². The maximum absolute atomic E-state index is 14.0. The van der Waals surface area contributed by atoms with Gasteiger partial charge in [0.15, 0.2) is 0 Å². The van der Waals surface area contributed by atoms with Gasteiger partial charge in [0.05, 0.1) is 12.3 Å². The van der Waals surface area contributed by atoms with E-state index in [-0.39, 0.29) is 5.82 Å². The molecule has 2 rings (SSSR count). The summed E-state index contributed by atoms with van der Waals surface area (Å²) < 4.78 is 19.5. The molecular weight excluding hydrogens is 245 g/mol.